The van der Waals surface area contributed by atoms with Gasteiger partial charge in [-0.2, -0.15) is 0 Å². The Hall–Kier alpha value is -0.510. The molecule has 1 rings (SSSR count). The number of rotatable bonds is 4. The van der Waals surface area contributed by atoms with Crippen molar-refractivity contribution in [2.45, 2.75) is 6.92 Å². The molecule has 0 aromatic heterocycles. The number of benzene rings is 1. The van der Waals surface area contributed by atoms with Gasteiger partial charge in [-0.05, 0) is 12.1 Å². The molecule has 1 unspecified atom stereocenters. The van der Waals surface area contributed by atoms with Crippen molar-refractivity contribution in [1.82, 2.24) is 0 Å². The minimum Gasteiger partial charge on any atom is -0.491 e. The van der Waals surface area contributed by atoms with E-state index in [4.69, 9.17) is 45.9 Å². The smallest absolute Gasteiger partial charge is 0.139 e. The number of halogens is 2. The highest BCUT2D eigenvalue weighted by Gasteiger charge is 2.09. The van der Waals surface area contributed by atoms with Gasteiger partial charge in [0.15, 0.2) is 0 Å². The van der Waals surface area contributed by atoms with Gasteiger partial charge >= 0.3 is 0 Å². The van der Waals surface area contributed by atoms with Crippen molar-refractivity contribution in [2.24, 2.45) is 11.7 Å². The molecule has 0 fully saturated rings. The molecule has 0 spiro atoms. The maximum absolute atomic E-state index is 5.94. The van der Waals surface area contributed by atoms with E-state index in [0.717, 1.165) is 0 Å². The molecule has 2 N–H and O–H groups in total. The van der Waals surface area contributed by atoms with Crippen molar-refractivity contribution in [1.29, 1.82) is 0 Å². The normalized spacial score (nSPS) is 12.2. The summed E-state index contributed by atoms with van der Waals surface area (Å²) in [6.45, 7) is 2.29. The van der Waals surface area contributed by atoms with Crippen LogP contribution >= 0.6 is 35.4 Å². The zero-order valence-electron chi connectivity index (χ0n) is 8.17. The Kier molecular flexibility index (Phi) is 4.64. The van der Waals surface area contributed by atoms with Crippen LogP contribution < -0.4 is 10.5 Å². The number of ether oxygens (including phenoxy) is 1. The number of hydrogen-bond donors (Lipinski definition) is 1. The van der Waals surface area contributed by atoms with E-state index in [1.165, 1.54) is 0 Å². The van der Waals surface area contributed by atoms with Gasteiger partial charge in [0.05, 0.1) is 16.6 Å². The van der Waals surface area contributed by atoms with Crippen LogP contribution in [0.5, 0.6) is 5.75 Å². The highest BCUT2D eigenvalue weighted by atomic mass is 35.5. The topological polar surface area (TPSA) is 35.2 Å². The minimum atomic E-state index is 0.00930. The van der Waals surface area contributed by atoms with Gasteiger partial charge in [0, 0.05) is 5.92 Å². The van der Waals surface area contributed by atoms with Crippen LogP contribution in [0.15, 0.2) is 18.2 Å². The first-order chi connectivity index (χ1) is 7.02. The van der Waals surface area contributed by atoms with Crippen molar-refractivity contribution < 1.29 is 4.74 Å². The summed E-state index contributed by atoms with van der Waals surface area (Å²) >= 11 is 16.6. The van der Waals surface area contributed by atoms with Gasteiger partial charge in [0.25, 0.3) is 0 Å². The van der Waals surface area contributed by atoms with Gasteiger partial charge in [-0.25, -0.2) is 0 Å². The van der Waals surface area contributed by atoms with Crippen molar-refractivity contribution in [3.8, 4) is 5.75 Å². The molecule has 15 heavy (non-hydrogen) atoms. The Morgan fingerprint density at radius 3 is 2.80 bits per heavy atom. The quantitative estimate of drug-likeness (QED) is 0.847. The minimum absolute atomic E-state index is 0.00930. The average molecular weight is 264 g/mol. The lowest BCUT2D eigenvalue weighted by atomic mass is 10.2. The summed E-state index contributed by atoms with van der Waals surface area (Å²) in [5.41, 5.74) is 5.46. The second kappa shape index (κ2) is 5.54. The van der Waals surface area contributed by atoms with Crippen LogP contribution in [0.2, 0.25) is 10.0 Å². The van der Waals surface area contributed by atoms with Gasteiger partial charge in [0.2, 0.25) is 0 Å². The van der Waals surface area contributed by atoms with Crippen molar-refractivity contribution in [2.75, 3.05) is 6.61 Å². The molecular weight excluding hydrogens is 253 g/mol. The number of nitrogens with two attached hydrogens (primary N) is 1. The van der Waals surface area contributed by atoms with E-state index < -0.39 is 0 Å². The summed E-state index contributed by atoms with van der Waals surface area (Å²) in [6.07, 6.45) is 0. The van der Waals surface area contributed by atoms with Gasteiger partial charge in [-0.1, -0.05) is 48.4 Å². The van der Waals surface area contributed by atoms with Crippen LogP contribution in [-0.4, -0.2) is 11.6 Å². The third-order valence-corrected chi connectivity index (χ3v) is 3.09. The lowest BCUT2D eigenvalue weighted by Crippen LogP contribution is -2.24. The highest BCUT2D eigenvalue weighted by molar-refractivity contribution is 7.80. The maximum atomic E-state index is 5.94. The Labute approximate surface area is 104 Å². The fraction of sp³-hybridized carbons (Fsp3) is 0.300. The predicted molar refractivity (Wildman–Crippen MR) is 67.9 cm³/mol. The Morgan fingerprint density at radius 1 is 1.53 bits per heavy atom. The van der Waals surface area contributed by atoms with Gasteiger partial charge in [0.1, 0.15) is 10.8 Å². The maximum Gasteiger partial charge on any atom is 0.139 e. The first-order valence-electron chi connectivity index (χ1n) is 4.38. The third-order valence-electron chi connectivity index (χ3n) is 1.89. The molecule has 0 aliphatic carbocycles. The summed E-state index contributed by atoms with van der Waals surface area (Å²) in [6, 6.07) is 5.23. The molecule has 0 amide bonds. The molecule has 0 radical (unpaired) electrons. The van der Waals surface area contributed by atoms with Gasteiger partial charge in [-0.3, -0.25) is 0 Å². The van der Waals surface area contributed by atoms with Gasteiger partial charge in [-0.15, -0.1) is 0 Å². The Balaban J connectivity index is 2.66. The zero-order valence-corrected chi connectivity index (χ0v) is 10.5. The lowest BCUT2D eigenvalue weighted by Gasteiger charge is -2.12. The van der Waals surface area contributed by atoms with E-state index in [1.807, 2.05) is 6.92 Å². The standard InChI is InChI=1S/C10H11Cl2NOS/c1-6(10(13)15)5-14-8-4-2-3-7(11)9(8)12/h2-4,6H,5H2,1H3,(H2,13,15). The lowest BCUT2D eigenvalue weighted by molar-refractivity contribution is 0.293. The first-order valence-corrected chi connectivity index (χ1v) is 5.55. The van der Waals surface area contributed by atoms with Crippen LogP contribution in [0.4, 0.5) is 0 Å². The molecule has 0 heterocycles. The summed E-state index contributed by atoms with van der Waals surface area (Å²) < 4.78 is 5.46. The molecule has 0 bridgehead atoms. The van der Waals surface area contributed by atoms with Crippen LogP contribution in [-0.2, 0) is 0 Å². The first kappa shape index (κ1) is 12.6. The molecule has 2 nitrogen and oxygen atoms in total. The number of hydrogen-bond acceptors (Lipinski definition) is 2. The molecular formula is C10H11Cl2NOS. The van der Waals surface area contributed by atoms with E-state index in [1.54, 1.807) is 18.2 Å². The highest BCUT2D eigenvalue weighted by Crippen LogP contribution is 2.31. The molecule has 0 saturated carbocycles. The molecule has 0 aliphatic rings. The average Bonchev–Trinajstić information content (AvgIpc) is 2.19. The van der Waals surface area contributed by atoms with Crippen LogP contribution in [0.25, 0.3) is 0 Å². The van der Waals surface area contributed by atoms with Crippen LogP contribution in [0.1, 0.15) is 6.92 Å². The molecule has 5 heteroatoms. The fourth-order valence-electron chi connectivity index (χ4n) is 0.892. The van der Waals surface area contributed by atoms with E-state index >= 15 is 0 Å². The Bertz CT molecular complexity index is 370. The largest absolute Gasteiger partial charge is 0.491 e. The summed E-state index contributed by atoms with van der Waals surface area (Å²) in [7, 11) is 0. The van der Waals surface area contributed by atoms with Crippen molar-refractivity contribution in [3.05, 3.63) is 28.2 Å². The van der Waals surface area contributed by atoms with Crippen molar-refractivity contribution in [3.63, 3.8) is 0 Å². The Morgan fingerprint density at radius 2 is 2.20 bits per heavy atom. The van der Waals surface area contributed by atoms with E-state index in [2.05, 4.69) is 0 Å². The fourth-order valence-corrected chi connectivity index (χ4v) is 1.31. The van der Waals surface area contributed by atoms with Gasteiger partial charge < -0.3 is 10.5 Å². The van der Waals surface area contributed by atoms with Crippen molar-refractivity contribution >= 4 is 40.4 Å². The van der Waals surface area contributed by atoms with Crippen LogP contribution in [0, 0.1) is 5.92 Å². The predicted octanol–water partition coefficient (Wildman–Crippen LogP) is 3.29. The van der Waals surface area contributed by atoms with E-state index in [0.29, 0.717) is 27.4 Å². The second-order valence-electron chi connectivity index (χ2n) is 3.17. The van der Waals surface area contributed by atoms with Crippen LogP contribution in [0.3, 0.4) is 0 Å². The summed E-state index contributed by atoms with van der Waals surface area (Å²) in [4.78, 5) is 0.424. The number of thiocarbonyl (C=S) groups is 1. The van der Waals surface area contributed by atoms with E-state index in [9.17, 15) is 0 Å². The monoisotopic (exact) mass is 263 g/mol. The van der Waals surface area contributed by atoms with E-state index in [-0.39, 0.29) is 5.92 Å². The molecule has 1 aromatic rings. The summed E-state index contributed by atoms with van der Waals surface area (Å²) in [5, 5.41) is 0.881. The third kappa shape index (κ3) is 3.52. The SMILES string of the molecule is CC(COc1cccc(Cl)c1Cl)C(N)=S. The summed E-state index contributed by atoms with van der Waals surface area (Å²) in [5.74, 6) is 0.558. The molecule has 1 atom stereocenters. The molecule has 0 saturated heterocycles. The second-order valence-corrected chi connectivity index (χ2v) is 4.42. The zero-order chi connectivity index (χ0) is 11.4. The molecule has 0 aliphatic heterocycles. The molecule has 1 aromatic carbocycles. The molecule has 82 valence electrons.